The van der Waals surface area contributed by atoms with Crippen molar-refractivity contribution in [3.8, 4) is 11.4 Å². The van der Waals surface area contributed by atoms with Crippen LogP contribution in [0.15, 0.2) is 12.3 Å². The lowest BCUT2D eigenvalue weighted by atomic mass is 9.89. The summed E-state index contributed by atoms with van der Waals surface area (Å²) in [6.45, 7) is 10.7. The second-order valence-electron chi connectivity index (χ2n) is 6.92. The minimum absolute atomic E-state index is 0.0690. The average molecular weight is 307 g/mol. The highest BCUT2D eigenvalue weighted by atomic mass is 35.5. The first-order chi connectivity index (χ1) is 9.66. The molecule has 2 aromatic rings. The van der Waals surface area contributed by atoms with Crippen molar-refractivity contribution in [2.24, 2.45) is 13.0 Å². The Morgan fingerprint density at radius 3 is 2.48 bits per heavy atom. The van der Waals surface area contributed by atoms with Crippen molar-refractivity contribution in [1.82, 2.24) is 19.7 Å². The van der Waals surface area contributed by atoms with E-state index < -0.39 is 0 Å². The van der Waals surface area contributed by atoms with E-state index in [-0.39, 0.29) is 5.41 Å². The predicted octanol–water partition coefficient (Wildman–Crippen LogP) is 4.03. The van der Waals surface area contributed by atoms with Crippen molar-refractivity contribution in [1.29, 1.82) is 0 Å². The molecule has 0 aromatic carbocycles. The van der Waals surface area contributed by atoms with Crippen LogP contribution in [0.1, 0.15) is 46.0 Å². The van der Waals surface area contributed by atoms with E-state index in [0.29, 0.717) is 16.9 Å². The molecule has 0 aliphatic heterocycles. The summed E-state index contributed by atoms with van der Waals surface area (Å²) < 4.78 is 1.81. The van der Waals surface area contributed by atoms with Gasteiger partial charge in [-0.15, -0.1) is 0 Å². The Morgan fingerprint density at radius 1 is 1.24 bits per heavy atom. The van der Waals surface area contributed by atoms with Gasteiger partial charge in [0.05, 0.1) is 11.3 Å². The summed E-state index contributed by atoms with van der Waals surface area (Å²) in [6.07, 6.45) is 2.85. The summed E-state index contributed by atoms with van der Waals surface area (Å²) in [5.41, 5.74) is 2.85. The molecule has 21 heavy (non-hydrogen) atoms. The summed E-state index contributed by atoms with van der Waals surface area (Å²) in [6, 6.07) is 1.85. The molecule has 4 nitrogen and oxygen atoms in total. The zero-order chi connectivity index (χ0) is 15.8. The maximum atomic E-state index is 6.18. The van der Waals surface area contributed by atoms with Gasteiger partial charge in [-0.05, 0) is 18.4 Å². The van der Waals surface area contributed by atoms with Crippen molar-refractivity contribution in [3.63, 3.8) is 0 Å². The van der Waals surface area contributed by atoms with Gasteiger partial charge in [0, 0.05) is 24.4 Å². The average Bonchev–Trinajstić information content (AvgIpc) is 2.69. The standard InChI is InChI=1S/C16H23ClN4/c1-10(2)7-11-8-13(17)19-15(18-11)12-9-21(6)20-14(12)16(3,4)5/h8-10H,7H2,1-6H3. The third-order valence-corrected chi connectivity index (χ3v) is 3.34. The highest BCUT2D eigenvalue weighted by molar-refractivity contribution is 6.29. The highest BCUT2D eigenvalue weighted by Crippen LogP contribution is 2.30. The van der Waals surface area contributed by atoms with Crippen molar-refractivity contribution in [2.75, 3.05) is 0 Å². The zero-order valence-corrected chi connectivity index (χ0v) is 14.4. The Labute approximate surface area is 131 Å². The smallest absolute Gasteiger partial charge is 0.164 e. The van der Waals surface area contributed by atoms with E-state index in [1.807, 2.05) is 24.0 Å². The Kier molecular flexibility index (Phi) is 4.38. The van der Waals surface area contributed by atoms with E-state index in [2.05, 4.69) is 49.7 Å². The molecule has 2 aromatic heterocycles. The summed E-state index contributed by atoms with van der Waals surface area (Å²) in [5, 5.41) is 5.06. The molecular formula is C16H23ClN4. The maximum absolute atomic E-state index is 6.18. The van der Waals surface area contributed by atoms with Gasteiger partial charge in [-0.25, -0.2) is 9.97 Å². The number of aromatic nitrogens is 4. The van der Waals surface area contributed by atoms with Gasteiger partial charge in [0.2, 0.25) is 0 Å². The quantitative estimate of drug-likeness (QED) is 0.804. The molecule has 5 heteroatoms. The number of nitrogens with zero attached hydrogens (tertiary/aromatic N) is 4. The fourth-order valence-corrected chi connectivity index (χ4v) is 2.52. The van der Waals surface area contributed by atoms with Crippen LogP contribution in [-0.4, -0.2) is 19.7 Å². The summed E-state index contributed by atoms with van der Waals surface area (Å²) in [4.78, 5) is 9.08. The zero-order valence-electron chi connectivity index (χ0n) is 13.6. The number of halogens is 1. The van der Waals surface area contributed by atoms with Crippen molar-refractivity contribution < 1.29 is 0 Å². The maximum Gasteiger partial charge on any atom is 0.164 e. The molecule has 114 valence electrons. The lowest BCUT2D eigenvalue weighted by Gasteiger charge is -2.17. The number of rotatable bonds is 3. The highest BCUT2D eigenvalue weighted by Gasteiger charge is 2.24. The topological polar surface area (TPSA) is 43.6 Å². The van der Waals surface area contributed by atoms with Gasteiger partial charge in [0.1, 0.15) is 5.15 Å². The molecular weight excluding hydrogens is 284 g/mol. The van der Waals surface area contributed by atoms with E-state index in [1.54, 1.807) is 0 Å². The second-order valence-corrected chi connectivity index (χ2v) is 7.31. The molecule has 0 spiro atoms. The third kappa shape index (κ3) is 3.82. The summed E-state index contributed by atoms with van der Waals surface area (Å²) in [5.74, 6) is 1.19. The lowest BCUT2D eigenvalue weighted by Crippen LogP contribution is -2.14. The summed E-state index contributed by atoms with van der Waals surface area (Å²) in [7, 11) is 1.91. The normalized spacial score (nSPS) is 12.2. The van der Waals surface area contributed by atoms with Gasteiger partial charge in [0.25, 0.3) is 0 Å². The number of hydrogen-bond donors (Lipinski definition) is 0. The molecule has 0 aliphatic rings. The van der Waals surface area contributed by atoms with Gasteiger partial charge < -0.3 is 0 Å². The first-order valence-electron chi connectivity index (χ1n) is 7.24. The first kappa shape index (κ1) is 16.0. The van der Waals surface area contributed by atoms with Crippen LogP contribution < -0.4 is 0 Å². The Bertz CT molecular complexity index is 638. The van der Waals surface area contributed by atoms with Gasteiger partial charge in [0.15, 0.2) is 5.82 Å². The largest absolute Gasteiger partial charge is 0.275 e. The van der Waals surface area contributed by atoms with Crippen molar-refractivity contribution in [3.05, 3.63) is 28.8 Å². The summed E-state index contributed by atoms with van der Waals surface area (Å²) >= 11 is 6.18. The van der Waals surface area contributed by atoms with Crippen LogP contribution in [0.5, 0.6) is 0 Å². The molecule has 0 atom stereocenters. The molecule has 0 N–H and O–H groups in total. The van der Waals surface area contributed by atoms with Crippen LogP contribution >= 0.6 is 11.6 Å². The van der Waals surface area contributed by atoms with Crippen molar-refractivity contribution >= 4 is 11.6 Å². The van der Waals surface area contributed by atoms with E-state index in [0.717, 1.165) is 23.4 Å². The Hall–Kier alpha value is -1.42. The molecule has 0 unspecified atom stereocenters. The van der Waals surface area contributed by atoms with E-state index in [4.69, 9.17) is 11.6 Å². The van der Waals surface area contributed by atoms with Crippen LogP contribution in [0.2, 0.25) is 5.15 Å². The number of hydrogen-bond acceptors (Lipinski definition) is 3. The molecule has 2 heterocycles. The Balaban J connectivity index is 2.54. The molecule has 0 bridgehead atoms. The minimum atomic E-state index is -0.0690. The second kappa shape index (κ2) is 5.76. The molecule has 0 aliphatic carbocycles. The van der Waals surface area contributed by atoms with Crippen LogP contribution in [0.4, 0.5) is 0 Å². The molecule has 0 saturated carbocycles. The molecule has 0 fully saturated rings. The minimum Gasteiger partial charge on any atom is -0.275 e. The molecule has 0 radical (unpaired) electrons. The van der Waals surface area contributed by atoms with E-state index in [9.17, 15) is 0 Å². The predicted molar refractivity (Wildman–Crippen MR) is 86.5 cm³/mol. The van der Waals surface area contributed by atoms with Crippen LogP contribution in [0.25, 0.3) is 11.4 Å². The van der Waals surface area contributed by atoms with Gasteiger partial charge in [-0.2, -0.15) is 5.10 Å². The fraction of sp³-hybridized carbons (Fsp3) is 0.562. The third-order valence-electron chi connectivity index (χ3n) is 3.15. The van der Waals surface area contributed by atoms with Crippen LogP contribution in [0, 0.1) is 5.92 Å². The van der Waals surface area contributed by atoms with Gasteiger partial charge in [-0.3, -0.25) is 4.68 Å². The first-order valence-corrected chi connectivity index (χ1v) is 7.62. The monoisotopic (exact) mass is 306 g/mol. The molecule has 0 saturated heterocycles. The lowest BCUT2D eigenvalue weighted by molar-refractivity contribution is 0.554. The SMILES string of the molecule is CC(C)Cc1cc(Cl)nc(-c2cn(C)nc2C(C)(C)C)n1. The van der Waals surface area contributed by atoms with Crippen LogP contribution in [0.3, 0.4) is 0 Å². The van der Waals surface area contributed by atoms with Crippen LogP contribution in [-0.2, 0) is 18.9 Å². The fourth-order valence-electron chi connectivity index (χ4n) is 2.31. The van der Waals surface area contributed by atoms with Crippen molar-refractivity contribution in [2.45, 2.75) is 46.5 Å². The van der Waals surface area contributed by atoms with Gasteiger partial charge >= 0.3 is 0 Å². The van der Waals surface area contributed by atoms with Gasteiger partial charge in [-0.1, -0.05) is 46.2 Å². The molecule has 0 amide bonds. The van der Waals surface area contributed by atoms with E-state index in [1.165, 1.54) is 0 Å². The van der Waals surface area contributed by atoms with E-state index >= 15 is 0 Å². The molecule has 2 rings (SSSR count). The number of aryl methyl sites for hydroxylation is 1. The Morgan fingerprint density at radius 2 is 1.90 bits per heavy atom.